The van der Waals surface area contributed by atoms with Crippen molar-refractivity contribution in [2.75, 3.05) is 13.2 Å². The molecular weight excluding hydrogens is 184 g/mol. The van der Waals surface area contributed by atoms with Crippen LogP contribution >= 0.6 is 0 Å². The first-order chi connectivity index (χ1) is 6.39. The van der Waals surface area contributed by atoms with Crippen molar-refractivity contribution in [3.63, 3.8) is 0 Å². The van der Waals surface area contributed by atoms with Crippen LogP contribution in [0.4, 0.5) is 0 Å². The summed E-state index contributed by atoms with van der Waals surface area (Å²) in [6.07, 6.45) is 0.697. The lowest BCUT2D eigenvalue weighted by Crippen LogP contribution is -2.53. The Hall–Kier alpha value is -0.610. The second-order valence-electron chi connectivity index (χ2n) is 4.11. The lowest BCUT2D eigenvalue weighted by atomic mass is 10.0. The maximum atomic E-state index is 10.9. The van der Waals surface area contributed by atoms with E-state index in [1.807, 2.05) is 20.8 Å². The van der Waals surface area contributed by atoms with Gasteiger partial charge >= 0.3 is 5.97 Å². The van der Waals surface area contributed by atoms with Gasteiger partial charge in [-0.05, 0) is 20.3 Å². The van der Waals surface area contributed by atoms with Crippen LogP contribution in [0.1, 0.15) is 34.1 Å². The zero-order valence-corrected chi connectivity index (χ0v) is 9.25. The Bertz CT molecular complexity index is 212. The summed E-state index contributed by atoms with van der Waals surface area (Å²) in [6.45, 7) is 7.85. The molecule has 4 heteroatoms. The molecule has 0 amide bonds. The molecule has 0 aliphatic carbocycles. The van der Waals surface area contributed by atoms with E-state index in [-0.39, 0.29) is 5.97 Å². The fraction of sp³-hybridized carbons (Fsp3) is 0.900. The zero-order valence-electron chi connectivity index (χ0n) is 9.25. The Morgan fingerprint density at radius 3 is 2.21 bits per heavy atom. The number of hydrogen-bond acceptors (Lipinski definition) is 4. The van der Waals surface area contributed by atoms with Crippen molar-refractivity contribution in [2.24, 2.45) is 0 Å². The smallest absolute Gasteiger partial charge is 0.303 e. The van der Waals surface area contributed by atoms with Crippen molar-refractivity contribution in [1.82, 2.24) is 0 Å². The van der Waals surface area contributed by atoms with E-state index in [1.54, 1.807) is 0 Å². The van der Waals surface area contributed by atoms with Gasteiger partial charge in [-0.1, -0.05) is 6.92 Å². The largest absolute Gasteiger partial charge is 0.454 e. The average Bonchev–Trinajstić information content (AvgIpc) is 2.09. The van der Waals surface area contributed by atoms with Gasteiger partial charge in [0.25, 0.3) is 0 Å². The molecule has 0 unspecified atom stereocenters. The third-order valence-electron chi connectivity index (χ3n) is 2.37. The van der Waals surface area contributed by atoms with Crippen LogP contribution in [0.25, 0.3) is 0 Å². The Morgan fingerprint density at radius 2 is 1.86 bits per heavy atom. The quantitative estimate of drug-likeness (QED) is 0.636. The van der Waals surface area contributed by atoms with Gasteiger partial charge in [-0.15, -0.1) is 0 Å². The number of rotatable bonds is 2. The van der Waals surface area contributed by atoms with Crippen LogP contribution in [0.2, 0.25) is 0 Å². The lowest BCUT2D eigenvalue weighted by molar-refractivity contribution is -0.304. The van der Waals surface area contributed by atoms with E-state index in [1.165, 1.54) is 6.92 Å². The van der Waals surface area contributed by atoms with Crippen LogP contribution < -0.4 is 0 Å². The SMILES string of the molecule is CCC1(OC(C)=O)COC(C)(C)OC1. The summed E-state index contributed by atoms with van der Waals surface area (Å²) in [5.74, 6) is -0.863. The summed E-state index contributed by atoms with van der Waals surface area (Å²) < 4.78 is 16.2. The molecule has 1 heterocycles. The second kappa shape index (κ2) is 3.87. The predicted octanol–water partition coefficient (Wildman–Crippen LogP) is 1.48. The molecule has 0 radical (unpaired) electrons. The molecule has 4 nitrogen and oxygen atoms in total. The molecule has 1 rings (SSSR count). The Labute approximate surface area is 84.5 Å². The Kier molecular flexibility index (Phi) is 3.17. The molecule has 14 heavy (non-hydrogen) atoms. The van der Waals surface area contributed by atoms with E-state index >= 15 is 0 Å². The van der Waals surface area contributed by atoms with Crippen LogP contribution in [0.15, 0.2) is 0 Å². The van der Waals surface area contributed by atoms with Gasteiger partial charge in [-0.2, -0.15) is 0 Å². The minimum atomic E-state index is -0.596. The molecular formula is C10H18O4. The highest BCUT2D eigenvalue weighted by Crippen LogP contribution is 2.28. The van der Waals surface area contributed by atoms with E-state index in [2.05, 4.69) is 0 Å². The van der Waals surface area contributed by atoms with Crippen molar-refractivity contribution in [2.45, 2.75) is 45.5 Å². The highest BCUT2D eigenvalue weighted by Gasteiger charge is 2.41. The summed E-state index contributed by atoms with van der Waals surface area (Å²) in [5.41, 5.74) is -0.596. The number of hydrogen-bond donors (Lipinski definition) is 0. The molecule has 0 saturated carbocycles. The molecule has 0 bridgehead atoms. The summed E-state index contributed by atoms with van der Waals surface area (Å²) in [4.78, 5) is 10.9. The van der Waals surface area contributed by atoms with Crippen molar-refractivity contribution in [3.05, 3.63) is 0 Å². The fourth-order valence-corrected chi connectivity index (χ4v) is 1.33. The van der Waals surface area contributed by atoms with Crippen molar-refractivity contribution in [3.8, 4) is 0 Å². The predicted molar refractivity (Wildman–Crippen MR) is 50.8 cm³/mol. The van der Waals surface area contributed by atoms with Gasteiger partial charge in [0.1, 0.15) is 0 Å². The van der Waals surface area contributed by atoms with Gasteiger partial charge < -0.3 is 14.2 Å². The number of carbonyl (C=O) groups is 1. The molecule has 0 spiro atoms. The van der Waals surface area contributed by atoms with Crippen LogP contribution in [0, 0.1) is 0 Å². The van der Waals surface area contributed by atoms with E-state index in [4.69, 9.17) is 14.2 Å². The minimum absolute atomic E-state index is 0.293. The van der Waals surface area contributed by atoms with Crippen LogP contribution in [0.3, 0.4) is 0 Å². The molecule has 1 saturated heterocycles. The fourth-order valence-electron chi connectivity index (χ4n) is 1.33. The number of ether oxygens (including phenoxy) is 3. The summed E-state index contributed by atoms with van der Waals surface area (Å²) >= 11 is 0. The Balaban J connectivity index is 2.61. The monoisotopic (exact) mass is 202 g/mol. The highest BCUT2D eigenvalue weighted by molar-refractivity contribution is 5.66. The highest BCUT2D eigenvalue weighted by atomic mass is 16.7. The van der Waals surface area contributed by atoms with Gasteiger partial charge in [0.05, 0.1) is 13.2 Å². The van der Waals surface area contributed by atoms with Gasteiger partial charge in [0.15, 0.2) is 11.4 Å². The molecule has 0 aromatic carbocycles. The van der Waals surface area contributed by atoms with Crippen LogP contribution in [-0.2, 0) is 19.0 Å². The summed E-state index contributed by atoms with van der Waals surface area (Å²) in [5, 5.41) is 0. The molecule has 0 atom stereocenters. The standard InChI is InChI=1S/C10H18O4/c1-5-10(14-8(2)11)6-12-9(3,4)13-7-10/h5-7H2,1-4H3. The molecule has 82 valence electrons. The molecule has 1 aliphatic rings. The maximum Gasteiger partial charge on any atom is 0.303 e. The minimum Gasteiger partial charge on any atom is -0.454 e. The Morgan fingerprint density at radius 1 is 1.36 bits per heavy atom. The number of esters is 1. The van der Waals surface area contributed by atoms with Crippen molar-refractivity contribution < 1.29 is 19.0 Å². The number of carbonyl (C=O) groups excluding carboxylic acids is 1. The topological polar surface area (TPSA) is 44.8 Å². The summed E-state index contributed by atoms with van der Waals surface area (Å²) in [6, 6.07) is 0. The van der Waals surface area contributed by atoms with Crippen molar-refractivity contribution >= 4 is 5.97 Å². The third kappa shape index (κ3) is 2.69. The molecule has 1 fully saturated rings. The first kappa shape index (κ1) is 11.5. The molecule has 0 aromatic heterocycles. The van der Waals surface area contributed by atoms with E-state index < -0.39 is 11.4 Å². The molecule has 0 aromatic rings. The van der Waals surface area contributed by atoms with E-state index in [9.17, 15) is 4.79 Å². The van der Waals surface area contributed by atoms with Gasteiger partial charge in [-0.3, -0.25) is 4.79 Å². The van der Waals surface area contributed by atoms with E-state index in [0.29, 0.717) is 19.6 Å². The second-order valence-corrected chi connectivity index (χ2v) is 4.11. The van der Waals surface area contributed by atoms with E-state index in [0.717, 1.165) is 0 Å². The molecule has 0 N–H and O–H groups in total. The third-order valence-corrected chi connectivity index (χ3v) is 2.37. The zero-order chi connectivity index (χ0) is 10.8. The van der Waals surface area contributed by atoms with Crippen molar-refractivity contribution in [1.29, 1.82) is 0 Å². The average molecular weight is 202 g/mol. The van der Waals surface area contributed by atoms with Gasteiger partial charge in [0, 0.05) is 6.92 Å². The molecule has 1 aliphatic heterocycles. The lowest BCUT2D eigenvalue weighted by Gasteiger charge is -2.42. The first-order valence-electron chi connectivity index (χ1n) is 4.87. The summed E-state index contributed by atoms with van der Waals surface area (Å²) in [7, 11) is 0. The first-order valence-corrected chi connectivity index (χ1v) is 4.87. The van der Waals surface area contributed by atoms with Crippen LogP contribution in [0.5, 0.6) is 0 Å². The van der Waals surface area contributed by atoms with Gasteiger partial charge in [0.2, 0.25) is 0 Å². The maximum absolute atomic E-state index is 10.9. The normalized spacial score (nSPS) is 24.3. The van der Waals surface area contributed by atoms with Crippen LogP contribution in [-0.4, -0.2) is 30.6 Å². The van der Waals surface area contributed by atoms with Gasteiger partial charge in [-0.25, -0.2) is 0 Å².